The first kappa shape index (κ1) is 24.1. The van der Waals surface area contributed by atoms with Crippen LogP contribution in [-0.4, -0.2) is 24.8 Å². The highest BCUT2D eigenvalue weighted by molar-refractivity contribution is 5.64. The fraction of sp³-hybridized carbons (Fsp3) is 0.538. The Morgan fingerprint density at radius 3 is 1.91 bits per heavy atom. The zero-order valence-corrected chi connectivity index (χ0v) is 18.4. The quantitative estimate of drug-likeness (QED) is 0.409. The Morgan fingerprint density at radius 1 is 0.788 bits per heavy atom. The van der Waals surface area contributed by atoms with Gasteiger partial charge in [0.1, 0.15) is 24.3 Å². The minimum atomic E-state index is -5.12. The maximum atomic E-state index is 14.9. The summed E-state index contributed by atoms with van der Waals surface area (Å²) in [4.78, 5) is 0. The van der Waals surface area contributed by atoms with E-state index in [1.165, 1.54) is 43.4 Å². The van der Waals surface area contributed by atoms with E-state index >= 15 is 0 Å². The topological polar surface area (TPSA) is 9.23 Å². The number of hydrogen-bond acceptors (Lipinski definition) is 1. The molecule has 0 aromatic heterocycles. The van der Waals surface area contributed by atoms with E-state index in [2.05, 4.69) is 23.8 Å². The first-order chi connectivity index (χ1) is 15.6. The Bertz CT molecular complexity index is 921. The second kappa shape index (κ2) is 9.69. The third-order valence-corrected chi connectivity index (χ3v) is 7.17. The fourth-order valence-electron chi connectivity index (χ4n) is 5.27. The van der Waals surface area contributed by atoms with Crippen molar-refractivity contribution in [3.63, 3.8) is 0 Å². The monoisotopic (exact) mass is 470 g/mol. The molecule has 2 aliphatic rings. The lowest BCUT2D eigenvalue weighted by Crippen LogP contribution is -2.44. The Morgan fingerprint density at radius 2 is 1.36 bits per heavy atom. The van der Waals surface area contributed by atoms with Gasteiger partial charge in [-0.3, -0.25) is 4.74 Å². The highest BCUT2D eigenvalue weighted by Crippen LogP contribution is 2.41. The SMILES string of the molecule is CC1CCC(c2ccc(-c3ccc(C4CC(F)C(OC(F)(F)F)[C@H](F)C4)c(F)c3)cc2)CC1. The summed E-state index contributed by atoms with van der Waals surface area (Å²) < 4.78 is 84.3. The number of benzene rings is 2. The zero-order valence-electron chi connectivity index (χ0n) is 18.4. The van der Waals surface area contributed by atoms with Crippen molar-refractivity contribution in [3.05, 3.63) is 59.4 Å². The lowest BCUT2D eigenvalue weighted by molar-refractivity contribution is -0.357. The number of halogens is 6. The van der Waals surface area contributed by atoms with Crippen molar-refractivity contribution in [1.29, 1.82) is 0 Å². The van der Waals surface area contributed by atoms with Gasteiger partial charge in [0, 0.05) is 0 Å². The molecule has 4 atom stereocenters. The third kappa shape index (κ3) is 5.73. The summed E-state index contributed by atoms with van der Waals surface area (Å²) in [5, 5.41) is 0. The van der Waals surface area contributed by atoms with Gasteiger partial charge in [-0.2, -0.15) is 0 Å². The van der Waals surface area contributed by atoms with Gasteiger partial charge in [0.25, 0.3) is 0 Å². The van der Waals surface area contributed by atoms with E-state index in [0.29, 0.717) is 11.5 Å². The summed E-state index contributed by atoms with van der Waals surface area (Å²) in [5.41, 5.74) is 2.87. The van der Waals surface area contributed by atoms with Crippen molar-refractivity contribution in [2.24, 2.45) is 5.92 Å². The van der Waals surface area contributed by atoms with E-state index in [1.54, 1.807) is 6.07 Å². The van der Waals surface area contributed by atoms with E-state index in [-0.39, 0.29) is 5.56 Å². The van der Waals surface area contributed by atoms with Crippen LogP contribution in [-0.2, 0) is 4.74 Å². The van der Waals surface area contributed by atoms with Crippen LogP contribution in [0.1, 0.15) is 68.4 Å². The number of ether oxygens (including phenoxy) is 1. The molecule has 7 heteroatoms. The summed E-state index contributed by atoms with van der Waals surface area (Å²) in [6, 6.07) is 12.6. The molecule has 0 saturated heterocycles. The van der Waals surface area contributed by atoms with E-state index in [9.17, 15) is 26.3 Å². The van der Waals surface area contributed by atoms with E-state index in [1.807, 2.05) is 12.1 Å². The molecule has 0 N–H and O–H groups in total. The molecule has 33 heavy (non-hydrogen) atoms. The van der Waals surface area contributed by atoms with Crippen molar-refractivity contribution in [2.75, 3.05) is 0 Å². The van der Waals surface area contributed by atoms with Crippen molar-refractivity contribution >= 4 is 0 Å². The Balaban J connectivity index is 1.45. The zero-order chi connectivity index (χ0) is 23.8. The molecule has 0 radical (unpaired) electrons. The molecule has 180 valence electrons. The third-order valence-electron chi connectivity index (χ3n) is 7.17. The first-order valence-electron chi connectivity index (χ1n) is 11.5. The van der Waals surface area contributed by atoms with Crippen molar-refractivity contribution < 1.29 is 31.1 Å². The second-order valence-electron chi connectivity index (χ2n) is 9.54. The van der Waals surface area contributed by atoms with Crippen molar-refractivity contribution in [3.8, 4) is 11.1 Å². The van der Waals surface area contributed by atoms with Crippen LogP contribution in [0.3, 0.4) is 0 Å². The molecule has 2 aromatic carbocycles. The van der Waals surface area contributed by atoms with Crippen LogP contribution in [0.25, 0.3) is 11.1 Å². The molecule has 2 fully saturated rings. The van der Waals surface area contributed by atoms with Crippen LogP contribution in [0.15, 0.2) is 42.5 Å². The molecular weight excluding hydrogens is 442 g/mol. The molecule has 0 aliphatic heterocycles. The van der Waals surface area contributed by atoms with E-state index in [4.69, 9.17) is 0 Å². The number of alkyl halides is 5. The molecule has 0 spiro atoms. The van der Waals surface area contributed by atoms with Gasteiger partial charge in [-0.05, 0) is 71.8 Å². The molecule has 0 amide bonds. The minimum absolute atomic E-state index is 0.113. The van der Waals surface area contributed by atoms with Gasteiger partial charge in [0.15, 0.2) is 0 Å². The van der Waals surface area contributed by atoms with Crippen molar-refractivity contribution in [2.45, 2.75) is 82.1 Å². The van der Waals surface area contributed by atoms with Gasteiger partial charge in [0.05, 0.1) is 0 Å². The second-order valence-corrected chi connectivity index (χ2v) is 9.54. The van der Waals surface area contributed by atoms with Gasteiger partial charge in [-0.1, -0.05) is 56.2 Å². The van der Waals surface area contributed by atoms with Crippen LogP contribution < -0.4 is 0 Å². The number of hydrogen-bond donors (Lipinski definition) is 0. The van der Waals surface area contributed by atoms with Gasteiger partial charge in [-0.25, -0.2) is 13.2 Å². The highest BCUT2D eigenvalue weighted by atomic mass is 19.4. The van der Waals surface area contributed by atoms with E-state index in [0.717, 1.165) is 11.5 Å². The van der Waals surface area contributed by atoms with Crippen LogP contribution in [0.2, 0.25) is 0 Å². The van der Waals surface area contributed by atoms with Crippen LogP contribution in [0.4, 0.5) is 26.3 Å². The predicted octanol–water partition coefficient (Wildman–Crippen LogP) is 8.25. The van der Waals surface area contributed by atoms with E-state index < -0.39 is 49.4 Å². The largest absolute Gasteiger partial charge is 0.522 e. The van der Waals surface area contributed by atoms with Crippen LogP contribution >= 0.6 is 0 Å². The minimum Gasteiger partial charge on any atom is -0.282 e. The summed E-state index contributed by atoms with van der Waals surface area (Å²) in [7, 11) is 0. The summed E-state index contributed by atoms with van der Waals surface area (Å²) in [6.45, 7) is 2.28. The summed E-state index contributed by atoms with van der Waals surface area (Å²) in [6.07, 6.45) is -7.73. The smallest absolute Gasteiger partial charge is 0.282 e. The predicted molar refractivity (Wildman–Crippen MR) is 115 cm³/mol. The standard InChI is InChI=1S/C26H28F6O/c1-15-2-4-16(5-3-15)17-6-8-18(9-7-17)19-10-11-21(22(27)12-19)20-13-23(28)25(24(29)14-20)33-26(30,31)32/h6-12,15-16,20,23-25H,2-5,13-14H2,1H3/t15?,16?,20?,23-,24?,25?/m1/s1. The van der Waals surface area contributed by atoms with Gasteiger partial charge >= 0.3 is 6.36 Å². The van der Waals surface area contributed by atoms with Crippen molar-refractivity contribution in [1.82, 2.24) is 0 Å². The molecular formula is C26H28F6O. The molecule has 2 saturated carbocycles. The number of rotatable bonds is 4. The first-order valence-corrected chi connectivity index (χ1v) is 11.5. The summed E-state index contributed by atoms with van der Waals surface area (Å²) in [5.74, 6) is -0.145. The lowest BCUT2D eigenvalue weighted by atomic mass is 9.79. The maximum absolute atomic E-state index is 14.9. The molecule has 2 aliphatic carbocycles. The average Bonchev–Trinajstić information content (AvgIpc) is 2.76. The van der Waals surface area contributed by atoms with Gasteiger partial charge in [-0.15, -0.1) is 13.2 Å². The van der Waals surface area contributed by atoms with Gasteiger partial charge in [0.2, 0.25) is 0 Å². The molecule has 1 nitrogen and oxygen atoms in total. The normalized spacial score (nSPS) is 30.9. The molecule has 0 heterocycles. The van der Waals surface area contributed by atoms with Gasteiger partial charge < -0.3 is 0 Å². The Labute approximate surface area is 190 Å². The Hall–Kier alpha value is -2.02. The van der Waals surface area contributed by atoms with Crippen LogP contribution in [0.5, 0.6) is 0 Å². The Kier molecular flexibility index (Phi) is 7.08. The summed E-state index contributed by atoms with van der Waals surface area (Å²) >= 11 is 0. The van der Waals surface area contributed by atoms with Crippen LogP contribution in [0, 0.1) is 11.7 Å². The fourth-order valence-corrected chi connectivity index (χ4v) is 5.27. The average molecular weight is 470 g/mol. The molecule has 0 bridgehead atoms. The highest BCUT2D eigenvalue weighted by Gasteiger charge is 2.46. The molecule has 4 rings (SSSR count). The lowest BCUT2D eigenvalue weighted by Gasteiger charge is -2.35. The maximum Gasteiger partial charge on any atom is 0.522 e. The molecule has 2 aromatic rings. The molecule has 3 unspecified atom stereocenters.